The molecule has 0 aliphatic rings. The minimum absolute atomic E-state index is 0.451. The van der Waals surface area contributed by atoms with Gasteiger partial charge < -0.3 is 14.6 Å². The summed E-state index contributed by atoms with van der Waals surface area (Å²) in [6, 6.07) is 7.30. The molecule has 2 rings (SSSR count). The van der Waals surface area contributed by atoms with Crippen molar-refractivity contribution >= 4 is 17.7 Å². The largest absolute Gasteiger partial charge is 0.444 e. The number of carbonyl (C=O) groups excluding carboxylic acids is 1. The van der Waals surface area contributed by atoms with E-state index in [0.717, 1.165) is 5.56 Å². The van der Waals surface area contributed by atoms with Crippen molar-refractivity contribution in [3.63, 3.8) is 0 Å². The van der Waals surface area contributed by atoms with Gasteiger partial charge in [0, 0.05) is 21.5 Å². The lowest BCUT2D eigenvalue weighted by molar-refractivity contribution is 0.0454. The topological polar surface area (TPSA) is 77.3 Å². The van der Waals surface area contributed by atoms with Crippen molar-refractivity contribution in [3.8, 4) is 11.4 Å². The van der Waals surface area contributed by atoms with Crippen LogP contribution < -0.4 is 5.32 Å². The molecule has 2 aromatic rings. The molecule has 1 aromatic heterocycles. The number of nitrogens with zero attached hydrogens (tertiary/aromatic N) is 2. The molecule has 6 nitrogen and oxygen atoms in total. The fourth-order valence-electron chi connectivity index (χ4n) is 3.05. The standard InChI is InChI=1S/C20H28ClN3O3/c1-18(2,3)26-17(25)23-20(6,7)12-19(4,5)16-22-15(24-27-16)13-9-8-10-14(21)11-13/h8-11H,12H2,1-7H3,(H,23,25). The van der Waals surface area contributed by atoms with Gasteiger partial charge in [0.15, 0.2) is 0 Å². The van der Waals surface area contributed by atoms with Crippen LogP contribution in [0.3, 0.4) is 0 Å². The molecule has 1 heterocycles. The number of aromatic nitrogens is 2. The summed E-state index contributed by atoms with van der Waals surface area (Å²) in [5.74, 6) is 0.982. The first-order valence-electron chi connectivity index (χ1n) is 8.89. The highest BCUT2D eigenvalue weighted by Gasteiger charge is 2.36. The predicted molar refractivity (Wildman–Crippen MR) is 106 cm³/mol. The normalized spacial score (nSPS) is 12.7. The number of ether oxygens (including phenoxy) is 1. The molecule has 0 saturated heterocycles. The number of carbonyl (C=O) groups is 1. The number of halogens is 1. The van der Waals surface area contributed by atoms with Crippen molar-refractivity contribution < 1.29 is 14.1 Å². The van der Waals surface area contributed by atoms with Gasteiger partial charge >= 0.3 is 6.09 Å². The minimum Gasteiger partial charge on any atom is -0.444 e. The molecule has 1 N–H and O–H groups in total. The lowest BCUT2D eigenvalue weighted by Gasteiger charge is -2.34. The predicted octanol–water partition coefficient (Wildman–Crippen LogP) is 5.36. The summed E-state index contributed by atoms with van der Waals surface area (Å²) >= 11 is 6.03. The highest BCUT2D eigenvalue weighted by molar-refractivity contribution is 6.30. The van der Waals surface area contributed by atoms with Crippen molar-refractivity contribution in [2.75, 3.05) is 0 Å². The average molecular weight is 394 g/mol. The summed E-state index contributed by atoms with van der Waals surface area (Å²) in [4.78, 5) is 16.7. The van der Waals surface area contributed by atoms with E-state index in [2.05, 4.69) is 15.5 Å². The van der Waals surface area contributed by atoms with Gasteiger partial charge in [0.1, 0.15) is 5.60 Å². The van der Waals surface area contributed by atoms with Gasteiger partial charge in [-0.05, 0) is 53.2 Å². The quantitative estimate of drug-likeness (QED) is 0.739. The van der Waals surface area contributed by atoms with E-state index in [1.54, 1.807) is 12.1 Å². The zero-order chi connectivity index (χ0) is 20.5. The Morgan fingerprint density at radius 1 is 1.19 bits per heavy atom. The molecule has 1 amide bonds. The summed E-state index contributed by atoms with van der Waals surface area (Å²) in [6.45, 7) is 13.4. The van der Waals surface area contributed by atoms with E-state index in [4.69, 9.17) is 20.9 Å². The Morgan fingerprint density at radius 2 is 1.85 bits per heavy atom. The lowest BCUT2D eigenvalue weighted by Crippen LogP contribution is -2.48. The van der Waals surface area contributed by atoms with E-state index in [0.29, 0.717) is 23.2 Å². The van der Waals surface area contributed by atoms with Crippen LogP contribution in [0, 0.1) is 0 Å². The van der Waals surface area contributed by atoms with Gasteiger partial charge in [0.2, 0.25) is 11.7 Å². The molecule has 0 atom stereocenters. The Bertz CT molecular complexity index is 807. The van der Waals surface area contributed by atoms with Gasteiger partial charge in [0.05, 0.1) is 0 Å². The van der Waals surface area contributed by atoms with Crippen LogP contribution in [-0.2, 0) is 10.2 Å². The second kappa shape index (κ2) is 7.50. The van der Waals surface area contributed by atoms with Gasteiger partial charge in [-0.3, -0.25) is 0 Å². The summed E-state index contributed by atoms with van der Waals surface area (Å²) < 4.78 is 10.9. The summed E-state index contributed by atoms with van der Waals surface area (Å²) in [6.07, 6.45) is 0.129. The van der Waals surface area contributed by atoms with Gasteiger partial charge in [-0.2, -0.15) is 4.98 Å². The molecule has 0 aliphatic carbocycles. The fraction of sp³-hybridized carbons (Fsp3) is 0.550. The van der Waals surface area contributed by atoms with Crippen molar-refractivity contribution in [3.05, 3.63) is 35.2 Å². The molecule has 0 spiro atoms. The van der Waals surface area contributed by atoms with E-state index < -0.39 is 22.6 Å². The molecule has 0 saturated carbocycles. The number of nitrogens with one attached hydrogen (secondary N) is 1. The molecule has 0 aliphatic heterocycles. The first-order chi connectivity index (χ1) is 12.3. The van der Waals surface area contributed by atoms with Crippen LogP contribution in [0.15, 0.2) is 28.8 Å². The maximum Gasteiger partial charge on any atom is 0.408 e. The van der Waals surface area contributed by atoms with E-state index in [1.807, 2.05) is 60.6 Å². The molecule has 27 heavy (non-hydrogen) atoms. The van der Waals surface area contributed by atoms with E-state index in [-0.39, 0.29) is 0 Å². The number of amides is 1. The van der Waals surface area contributed by atoms with Crippen LogP contribution in [-0.4, -0.2) is 27.4 Å². The van der Waals surface area contributed by atoms with Crippen LogP contribution in [0.2, 0.25) is 5.02 Å². The Labute approximate surface area is 165 Å². The van der Waals surface area contributed by atoms with Gasteiger partial charge in [0.25, 0.3) is 0 Å². The second-order valence-corrected chi connectivity index (χ2v) is 9.44. The number of hydrogen-bond donors (Lipinski definition) is 1. The monoisotopic (exact) mass is 393 g/mol. The van der Waals surface area contributed by atoms with Gasteiger partial charge in [-0.1, -0.05) is 42.7 Å². The van der Waals surface area contributed by atoms with Crippen molar-refractivity contribution in [2.45, 2.75) is 71.4 Å². The zero-order valence-corrected chi connectivity index (χ0v) is 17.8. The molecule has 0 fully saturated rings. The van der Waals surface area contributed by atoms with E-state index >= 15 is 0 Å². The number of rotatable bonds is 5. The van der Waals surface area contributed by atoms with Crippen LogP contribution >= 0.6 is 11.6 Å². The maximum atomic E-state index is 12.1. The highest BCUT2D eigenvalue weighted by Crippen LogP contribution is 2.33. The van der Waals surface area contributed by atoms with Crippen molar-refractivity contribution in [1.29, 1.82) is 0 Å². The Kier molecular flexibility index (Phi) is 5.90. The third kappa shape index (κ3) is 6.24. The molecular weight excluding hydrogens is 366 g/mol. The minimum atomic E-state index is -0.548. The molecular formula is C20H28ClN3O3. The molecule has 1 aromatic carbocycles. The zero-order valence-electron chi connectivity index (χ0n) is 17.0. The Morgan fingerprint density at radius 3 is 2.44 bits per heavy atom. The Balaban J connectivity index is 2.12. The molecule has 0 unspecified atom stereocenters. The highest BCUT2D eigenvalue weighted by atomic mass is 35.5. The Hall–Kier alpha value is -2.08. The third-order valence-corrected chi connectivity index (χ3v) is 4.05. The van der Waals surface area contributed by atoms with Gasteiger partial charge in [-0.25, -0.2) is 4.79 Å². The summed E-state index contributed by atoms with van der Waals surface area (Å²) in [5.41, 5.74) is -0.744. The maximum absolute atomic E-state index is 12.1. The van der Waals surface area contributed by atoms with Crippen molar-refractivity contribution in [2.24, 2.45) is 0 Å². The van der Waals surface area contributed by atoms with Gasteiger partial charge in [-0.15, -0.1) is 0 Å². The molecule has 148 valence electrons. The molecule has 7 heteroatoms. The van der Waals surface area contributed by atoms with Crippen molar-refractivity contribution in [1.82, 2.24) is 15.5 Å². The first-order valence-corrected chi connectivity index (χ1v) is 9.27. The lowest BCUT2D eigenvalue weighted by atomic mass is 9.80. The number of benzene rings is 1. The van der Waals surface area contributed by atoms with Crippen LogP contribution in [0.5, 0.6) is 0 Å². The fourth-order valence-corrected chi connectivity index (χ4v) is 3.24. The first kappa shape index (κ1) is 21.2. The summed E-state index contributed by atoms with van der Waals surface area (Å²) in [7, 11) is 0. The van der Waals surface area contributed by atoms with Crippen LogP contribution in [0.4, 0.5) is 4.79 Å². The SMILES string of the molecule is CC(C)(CC(C)(C)c1nc(-c2cccc(Cl)c2)no1)NC(=O)OC(C)(C)C. The molecule has 0 bridgehead atoms. The summed E-state index contributed by atoms with van der Waals surface area (Å²) in [5, 5.41) is 7.60. The smallest absolute Gasteiger partial charge is 0.408 e. The second-order valence-electron chi connectivity index (χ2n) is 9.00. The molecule has 0 radical (unpaired) electrons. The average Bonchev–Trinajstić information content (AvgIpc) is 2.93. The van der Waals surface area contributed by atoms with E-state index in [1.165, 1.54) is 0 Å². The van der Waals surface area contributed by atoms with Crippen LogP contribution in [0.1, 0.15) is 60.8 Å². The third-order valence-electron chi connectivity index (χ3n) is 3.81. The number of alkyl carbamates (subject to hydrolysis) is 1. The van der Waals surface area contributed by atoms with Crippen LogP contribution in [0.25, 0.3) is 11.4 Å². The van der Waals surface area contributed by atoms with E-state index in [9.17, 15) is 4.79 Å². The number of hydrogen-bond acceptors (Lipinski definition) is 5.